The number of aldehydes is 1. The van der Waals surface area contributed by atoms with E-state index in [-0.39, 0.29) is 11.8 Å². The molecule has 0 aliphatic heterocycles. The van der Waals surface area contributed by atoms with Gasteiger partial charge in [-0.15, -0.1) is 0 Å². The van der Waals surface area contributed by atoms with E-state index in [0.29, 0.717) is 0 Å². The number of hydrogen-bond acceptors (Lipinski definition) is 5. The summed E-state index contributed by atoms with van der Waals surface area (Å²) in [7, 11) is 0. The Morgan fingerprint density at radius 1 is 1.27 bits per heavy atom. The molecule has 6 nitrogen and oxygen atoms in total. The zero-order valence-electron chi connectivity index (χ0n) is 5.71. The number of aliphatic hydroxyl groups is 4. The summed E-state index contributed by atoms with van der Waals surface area (Å²) in [5.74, 6) is 0. The molecule has 0 radical (unpaired) electrons. The maximum Gasteiger partial charge on any atom is 0.151 e. The standard InChI is InChI=1S/C5H10O5.H2O/c6-1-3(8)5(10)4(9)2-7;/h1,3-5,7-10H,2H2;1H2/t3-,4+,5-;/m0./s1. The molecule has 0 fully saturated rings. The molecule has 0 heterocycles. The molecule has 0 saturated heterocycles. The van der Waals surface area contributed by atoms with Gasteiger partial charge in [0.15, 0.2) is 6.29 Å². The number of carbonyl (C=O) groups is 1. The highest BCUT2D eigenvalue weighted by Gasteiger charge is 2.22. The van der Waals surface area contributed by atoms with E-state index in [0.717, 1.165) is 0 Å². The summed E-state index contributed by atoms with van der Waals surface area (Å²) in [6.45, 7) is -0.688. The summed E-state index contributed by atoms with van der Waals surface area (Å²) in [5.41, 5.74) is 0. The highest BCUT2D eigenvalue weighted by atomic mass is 16.4. The van der Waals surface area contributed by atoms with Crippen molar-refractivity contribution >= 4 is 6.29 Å². The number of carbonyl (C=O) groups excluding carboxylic acids is 1. The van der Waals surface area contributed by atoms with E-state index in [1.165, 1.54) is 0 Å². The second-order valence-electron chi connectivity index (χ2n) is 1.87. The third-order valence-corrected chi connectivity index (χ3v) is 1.07. The van der Waals surface area contributed by atoms with Crippen molar-refractivity contribution in [3.63, 3.8) is 0 Å². The Morgan fingerprint density at radius 2 is 1.73 bits per heavy atom. The quantitative estimate of drug-likeness (QED) is 0.323. The van der Waals surface area contributed by atoms with Crippen LogP contribution in [0.5, 0.6) is 0 Å². The summed E-state index contributed by atoms with van der Waals surface area (Å²) in [6.07, 6.45) is -4.63. The Balaban J connectivity index is 0. The van der Waals surface area contributed by atoms with E-state index in [9.17, 15) is 4.79 Å². The largest absolute Gasteiger partial charge is 0.412 e. The summed E-state index contributed by atoms with van der Waals surface area (Å²) in [4.78, 5) is 9.76. The van der Waals surface area contributed by atoms with Crippen LogP contribution in [0.15, 0.2) is 0 Å². The first-order valence-electron chi connectivity index (χ1n) is 2.73. The molecule has 0 spiro atoms. The number of aliphatic hydroxyl groups excluding tert-OH is 4. The van der Waals surface area contributed by atoms with Gasteiger partial charge in [-0.25, -0.2) is 0 Å². The first kappa shape index (κ1) is 13.1. The van der Waals surface area contributed by atoms with Crippen LogP contribution in [0.2, 0.25) is 0 Å². The van der Waals surface area contributed by atoms with E-state index < -0.39 is 24.9 Å². The van der Waals surface area contributed by atoms with Gasteiger partial charge in [0.05, 0.1) is 6.61 Å². The zero-order valence-corrected chi connectivity index (χ0v) is 5.71. The van der Waals surface area contributed by atoms with Crippen LogP contribution in [0.25, 0.3) is 0 Å². The van der Waals surface area contributed by atoms with Crippen molar-refractivity contribution in [2.75, 3.05) is 6.61 Å². The molecule has 0 amide bonds. The Kier molecular flexibility index (Phi) is 7.37. The number of hydrogen-bond donors (Lipinski definition) is 4. The molecule has 11 heavy (non-hydrogen) atoms. The molecule has 0 aliphatic rings. The predicted molar refractivity (Wildman–Crippen MR) is 34.8 cm³/mol. The van der Waals surface area contributed by atoms with Gasteiger partial charge in [0.2, 0.25) is 0 Å². The van der Waals surface area contributed by atoms with Crippen molar-refractivity contribution in [2.45, 2.75) is 18.3 Å². The average molecular weight is 168 g/mol. The summed E-state index contributed by atoms with van der Waals surface area (Å²) < 4.78 is 0. The molecule has 0 bridgehead atoms. The Hall–Kier alpha value is -0.530. The third-order valence-electron chi connectivity index (χ3n) is 1.07. The maximum atomic E-state index is 9.76. The SMILES string of the molecule is O.O=C[C@H](O)[C@H](O)[C@H](O)CO. The van der Waals surface area contributed by atoms with Gasteiger partial charge in [0, 0.05) is 0 Å². The lowest BCUT2D eigenvalue weighted by Gasteiger charge is -2.16. The lowest BCUT2D eigenvalue weighted by molar-refractivity contribution is -0.127. The van der Waals surface area contributed by atoms with Crippen molar-refractivity contribution in [3.05, 3.63) is 0 Å². The van der Waals surface area contributed by atoms with E-state index >= 15 is 0 Å². The maximum absolute atomic E-state index is 9.76. The minimum Gasteiger partial charge on any atom is -0.412 e. The van der Waals surface area contributed by atoms with Crippen LogP contribution < -0.4 is 0 Å². The zero-order chi connectivity index (χ0) is 8.15. The topological polar surface area (TPSA) is 129 Å². The molecular weight excluding hydrogens is 156 g/mol. The summed E-state index contributed by atoms with van der Waals surface area (Å²) in [5, 5.41) is 34.1. The lowest BCUT2D eigenvalue weighted by Crippen LogP contribution is -2.40. The first-order chi connectivity index (χ1) is 4.63. The van der Waals surface area contributed by atoms with Crippen LogP contribution >= 0.6 is 0 Å². The predicted octanol–water partition coefficient (Wildman–Crippen LogP) is -3.56. The second kappa shape index (κ2) is 6.20. The molecule has 6 heteroatoms. The molecule has 0 aliphatic carbocycles. The molecule has 0 aromatic carbocycles. The van der Waals surface area contributed by atoms with Crippen molar-refractivity contribution in [1.29, 1.82) is 0 Å². The minimum absolute atomic E-state index is 0. The minimum atomic E-state index is -1.64. The van der Waals surface area contributed by atoms with Crippen molar-refractivity contribution < 1.29 is 30.7 Å². The first-order valence-corrected chi connectivity index (χ1v) is 2.73. The Bertz CT molecular complexity index is 105. The summed E-state index contributed by atoms with van der Waals surface area (Å²) >= 11 is 0. The molecule has 6 N–H and O–H groups in total. The number of rotatable bonds is 4. The average Bonchev–Trinajstić information content (AvgIpc) is 2.00. The smallest absolute Gasteiger partial charge is 0.151 e. The lowest BCUT2D eigenvalue weighted by atomic mass is 10.1. The van der Waals surface area contributed by atoms with E-state index in [1.54, 1.807) is 0 Å². The molecule has 68 valence electrons. The van der Waals surface area contributed by atoms with Gasteiger partial charge in [-0.2, -0.15) is 0 Å². The molecule has 0 aromatic heterocycles. The van der Waals surface area contributed by atoms with Gasteiger partial charge < -0.3 is 30.7 Å². The molecular formula is C5H12O6. The van der Waals surface area contributed by atoms with E-state index in [1.807, 2.05) is 0 Å². The summed E-state index contributed by atoms with van der Waals surface area (Å²) in [6, 6.07) is 0. The third kappa shape index (κ3) is 4.02. The highest BCUT2D eigenvalue weighted by molar-refractivity contribution is 5.56. The van der Waals surface area contributed by atoms with Crippen molar-refractivity contribution in [2.24, 2.45) is 0 Å². The molecule has 0 rings (SSSR count). The fourth-order valence-electron chi connectivity index (χ4n) is 0.416. The van der Waals surface area contributed by atoms with Gasteiger partial charge in [-0.1, -0.05) is 0 Å². The van der Waals surface area contributed by atoms with Crippen LogP contribution in [0.3, 0.4) is 0 Å². The Labute approximate surface area is 63.0 Å². The van der Waals surface area contributed by atoms with Crippen LogP contribution in [-0.2, 0) is 4.79 Å². The second-order valence-corrected chi connectivity index (χ2v) is 1.87. The fraction of sp³-hybridized carbons (Fsp3) is 0.800. The van der Waals surface area contributed by atoms with Crippen LogP contribution in [0.1, 0.15) is 0 Å². The van der Waals surface area contributed by atoms with Crippen molar-refractivity contribution in [1.82, 2.24) is 0 Å². The van der Waals surface area contributed by atoms with Gasteiger partial charge >= 0.3 is 0 Å². The van der Waals surface area contributed by atoms with Gasteiger partial charge in [0.25, 0.3) is 0 Å². The van der Waals surface area contributed by atoms with Gasteiger partial charge in [0.1, 0.15) is 18.3 Å². The molecule has 0 saturated carbocycles. The van der Waals surface area contributed by atoms with Crippen LogP contribution in [0.4, 0.5) is 0 Å². The highest BCUT2D eigenvalue weighted by Crippen LogP contribution is 1.96. The van der Waals surface area contributed by atoms with Crippen molar-refractivity contribution in [3.8, 4) is 0 Å². The van der Waals surface area contributed by atoms with E-state index in [4.69, 9.17) is 20.4 Å². The van der Waals surface area contributed by atoms with Gasteiger partial charge in [-0.3, -0.25) is 0 Å². The molecule has 0 unspecified atom stereocenters. The van der Waals surface area contributed by atoms with Crippen LogP contribution in [0, 0.1) is 0 Å². The van der Waals surface area contributed by atoms with Crippen LogP contribution in [-0.4, -0.2) is 57.1 Å². The molecule has 3 atom stereocenters. The fourth-order valence-corrected chi connectivity index (χ4v) is 0.416. The monoisotopic (exact) mass is 168 g/mol. The normalized spacial score (nSPS) is 17.8. The Morgan fingerprint density at radius 3 is 2.00 bits per heavy atom. The molecule has 0 aromatic rings. The van der Waals surface area contributed by atoms with E-state index in [2.05, 4.69) is 0 Å². The van der Waals surface area contributed by atoms with Gasteiger partial charge in [-0.05, 0) is 0 Å².